The molecule has 0 saturated carbocycles. The first kappa shape index (κ1) is 95.7. The second kappa shape index (κ2) is 42.7. The predicted octanol–water partition coefficient (Wildman–Crippen LogP) is -2.46. The molecule has 0 aliphatic rings. The standard InChI is InChI=1S/2C15H10N3.C11H12N6.C11H11N6.2C11H12N2O2.2CH2O3.2Ir.4Na.2H/c2*1-10-6-7-12-14(17-10)11-4-2-3-5-13(11)18-9-8-16-15(12)18;2*1-6-7(2)17(3)10-4-9(12-5-8(6)10)11-13-15-16-14-11;1-6-7(2)13(3)10-5-12-9(11(14)15)4-8(6)10;1-6-7(2)13(3)8-4-5-12-10(9(6)8)11(14)15;2*2-1-4-3;;;;;;;;/h2*2-6,8-9H,1H3;4-5H,1-3H3,(H,13,14,15,16);4-5H,1-3H3;2*4-5H,1-3H3,(H,14,15);2*1,3H;;;;;;;;/q2*-1;;-1;;;;;;;4*+1;2*-1/p-2. The summed E-state index contributed by atoms with van der Waals surface area (Å²) in [4.78, 5) is 79.0. The predicted molar refractivity (Wildman–Crippen MR) is 400 cm³/mol. The molecule has 0 aliphatic heterocycles. The molecule has 0 unspecified atom stereocenters. The molecule has 18 aromatic rings. The third-order valence-electron chi connectivity index (χ3n) is 18.9. The van der Waals surface area contributed by atoms with Crippen LogP contribution in [0.4, 0.5) is 0 Å². The zero-order valence-electron chi connectivity index (χ0n) is 67.6. The van der Waals surface area contributed by atoms with E-state index < -0.39 is 11.9 Å². The molecule has 2 radical (unpaired) electrons. The largest absolute Gasteiger partial charge is 1.00 e. The number of nitrogens with zero attached hydrogens (tertiary/aromatic N) is 21. The van der Waals surface area contributed by atoms with Gasteiger partial charge in [0, 0.05) is 167 Å². The van der Waals surface area contributed by atoms with Gasteiger partial charge in [-0.15, -0.1) is 34.5 Å². The average molecular weight is 1930 g/mol. The van der Waals surface area contributed by atoms with Gasteiger partial charge in [-0.2, -0.15) is 10.4 Å². The van der Waals surface area contributed by atoms with Crippen molar-refractivity contribution in [3.05, 3.63) is 214 Å². The number of para-hydroxylation sites is 2. The van der Waals surface area contributed by atoms with E-state index in [1.807, 2.05) is 171 Å². The Morgan fingerprint density at radius 2 is 0.974 bits per heavy atom. The van der Waals surface area contributed by atoms with Crippen LogP contribution < -0.4 is 134 Å². The minimum atomic E-state index is -0.988. The molecule has 32 nitrogen and oxygen atoms in total. The van der Waals surface area contributed by atoms with Gasteiger partial charge in [-0.1, -0.05) is 61.0 Å². The number of rotatable bonds is 6. The molecule has 570 valence electrons. The number of aromatic amines is 1. The normalized spacial score (nSPS) is 10.2. The van der Waals surface area contributed by atoms with Gasteiger partial charge in [0.1, 0.15) is 11.4 Å². The molecule has 0 spiro atoms. The molecule has 2 aromatic carbocycles. The summed E-state index contributed by atoms with van der Waals surface area (Å²) in [7, 11) is 7.96. The monoisotopic (exact) mass is 1930 g/mol. The van der Waals surface area contributed by atoms with Gasteiger partial charge in [-0.05, 0) is 152 Å². The molecule has 0 aliphatic carbocycles. The zero-order chi connectivity index (χ0) is 77.4. The number of aromatic nitrogens is 22. The van der Waals surface area contributed by atoms with Gasteiger partial charge in [0.05, 0.1) is 51.1 Å². The van der Waals surface area contributed by atoms with Crippen LogP contribution in [0, 0.1) is 81.4 Å². The van der Waals surface area contributed by atoms with Gasteiger partial charge in [0.15, 0.2) is 5.69 Å². The maximum absolute atomic E-state index is 11.0. The van der Waals surface area contributed by atoms with Crippen LogP contribution in [-0.2, 0) is 87.8 Å². The van der Waals surface area contributed by atoms with Gasteiger partial charge in [0.2, 0.25) is 5.82 Å². The number of H-pyrrole nitrogens is 1. The van der Waals surface area contributed by atoms with E-state index >= 15 is 0 Å². The summed E-state index contributed by atoms with van der Waals surface area (Å²) >= 11 is 0. The number of aryl methyl sites for hydroxylation is 10. The van der Waals surface area contributed by atoms with E-state index in [9.17, 15) is 9.59 Å². The fraction of sp³-hybridized carbons (Fsp3) is 0.184. The van der Waals surface area contributed by atoms with Gasteiger partial charge in [0.25, 0.3) is 12.9 Å². The van der Waals surface area contributed by atoms with E-state index in [2.05, 4.69) is 173 Å². The summed E-state index contributed by atoms with van der Waals surface area (Å²) < 4.78 is 12.5. The number of fused-ring (bicyclic) bond motifs is 16. The summed E-state index contributed by atoms with van der Waals surface area (Å²) in [5, 5.41) is 71.4. The number of carbonyl (C=O) groups is 4. The number of carbonyl (C=O) groups excluding carboxylic acids is 2. The number of pyridine rings is 8. The number of carboxylic acid groups (broad SMARTS) is 2. The molecule has 0 saturated heterocycles. The van der Waals surface area contributed by atoms with Crippen LogP contribution in [0.2, 0.25) is 0 Å². The van der Waals surface area contributed by atoms with Crippen molar-refractivity contribution in [2.24, 2.45) is 28.2 Å². The number of nitrogens with one attached hydrogen (secondary N) is 1. The Morgan fingerprint density at radius 3 is 1.43 bits per heavy atom. The first-order chi connectivity index (χ1) is 51.9. The molecule has 16 aromatic heterocycles. The molecule has 18 rings (SSSR count). The van der Waals surface area contributed by atoms with Crippen molar-refractivity contribution in [2.45, 2.75) is 69.2 Å². The minimum absolute atomic E-state index is 0. The van der Waals surface area contributed by atoms with Crippen LogP contribution >= 0.6 is 0 Å². The quantitative estimate of drug-likeness (QED) is 0.0388. The zero-order valence-corrected chi connectivity index (χ0v) is 78.4. The van der Waals surface area contributed by atoms with E-state index in [0.29, 0.717) is 17.3 Å². The molecule has 0 amide bonds. The SMILES string of the molecule is Cc1c(C)n(C)c2cc(-c3nn[nH]n3)ncc12.Cc1c(C)n(C)c2cc(-c3nnn[n-]3)ncc12.Cc1c(C)n(C)c2ccnc(C(=O)O)c12.Cc1c(C)n(C)c2cnc(C(=O)O)cc12.Cc1c[c-]c2c(n1)c1ccccc1n1ccnc21.Cc1c[c-]c2c(n1)c1ccccc1n1ccnc21.O=CO[O-].O=CO[O-].[H-].[H-].[Ir].[Ir].[Na+].[Na+].[Na+].[Na+]. The molecular weight excluding hydrogens is 1860 g/mol. The second-order valence-corrected chi connectivity index (χ2v) is 24.6. The van der Waals surface area contributed by atoms with Crippen LogP contribution in [0.15, 0.2) is 135 Å². The third kappa shape index (κ3) is 20.0. The molecular formula is C76H71Ir2N22Na4O10-3. The number of benzene rings is 2. The van der Waals surface area contributed by atoms with Crippen LogP contribution in [0.3, 0.4) is 0 Å². The van der Waals surface area contributed by atoms with Gasteiger partial charge in [-0.3, -0.25) is 39.8 Å². The maximum Gasteiger partial charge on any atom is 1.00 e. The molecule has 16 heterocycles. The second-order valence-electron chi connectivity index (χ2n) is 24.6. The van der Waals surface area contributed by atoms with Crippen molar-refractivity contribution in [3.63, 3.8) is 0 Å². The topological polar surface area (TPSA) is 412 Å². The summed E-state index contributed by atoms with van der Waals surface area (Å²) in [5.74, 6) is -0.987. The van der Waals surface area contributed by atoms with E-state index in [1.54, 1.807) is 12.3 Å². The van der Waals surface area contributed by atoms with Crippen molar-refractivity contribution in [1.82, 2.24) is 108 Å². The average Bonchev–Trinajstić information content (AvgIpc) is 1.06. The van der Waals surface area contributed by atoms with Crippen LogP contribution in [-0.4, -0.2) is 138 Å². The summed E-state index contributed by atoms with van der Waals surface area (Å²) in [6, 6.07) is 34.3. The van der Waals surface area contributed by atoms with Crippen LogP contribution in [0.1, 0.15) is 80.2 Å². The maximum atomic E-state index is 11.0. The molecule has 38 heteroatoms. The number of hydrogen-bond acceptors (Lipinski definition) is 22. The van der Waals surface area contributed by atoms with Crippen molar-refractivity contribution in [2.75, 3.05) is 0 Å². The van der Waals surface area contributed by atoms with E-state index in [4.69, 9.17) is 30.3 Å². The summed E-state index contributed by atoms with van der Waals surface area (Å²) in [6.07, 6.45) is 14.4. The number of carboxylic acids is 2. The fourth-order valence-corrected chi connectivity index (χ4v) is 12.6. The van der Waals surface area contributed by atoms with E-state index in [-0.39, 0.29) is 186 Å². The Balaban J connectivity index is 0.000000349. The third-order valence-corrected chi connectivity index (χ3v) is 18.9. The number of hydrogen-bond donors (Lipinski definition) is 3. The molecule has 114 heavy (non-hydrogen) atoms. The summed E-state index contributed by atoms with van der Waals surface area (Å²) in [5.41, 5.74) is 23.1. The molecule has 0 bridgehead atoms. The van der Waals surface area contributed by atoms with Crippen molar-refractivity contribution < 1.29 is 211 Å². The molecule has 0 atom stereocenters. The first-order valence-electron chi connectivity index (χ1n) is 33.0. The smallest absolute Gasteiger partial charge is 1.00 e. The number of imidazole rings is 2. The Hall–Kier alpha value is -8.84. The Bertz CT molecular complexity index is 6140. The van der Waals surface area contributed by atoms with Gasteiger partial charge in [-0.25, -0.2) is 19.6 Å². The summed E-state index contributed by atoms with van der Waals surface area (Å²) in [6.45, 7) is 19.9. The first-order valence-corrected chi connectivity index (χ1v) is 33.0. The van der Waals surface area contributed by atoms with Crippen molar-refractivity contribution in [1.29, 1.82) is 0 Å². The number of aromatic carboxylic acids is 2. The van der Waals surface area contributed by atoms with E-state index in [0.717, 1.165) is 138 Å². The Morgan fingerprint density at radius 1 is 0.518 bits per heavy atom. The van der Waals surface area contributed by atoms with Crippen LogP contribution in [0.25, 0.3) is 122 Å². The van der Waals surface area contributed by atoms with Crippen molar-refractivity contribution >= 4 is 123 Å². The van der Waals surface area contributed by atoms with Crippen molar-refractivity contribution in [3.8, 4) is 23.0 Å². The van der Waals surface area contributed by atoms with Crippen LogP contribution in [0.5, 0.6) is 0 Å². The number of tetrazole rings is 2. The van der Waals surface area contributed by atoms with Gasteiger partial charge >= 0.3 is 130 Å². The van der Waals surface area contributed by atoms with Gasteiger partial charge < -0.3 is 75.5 Å². The fourth-order valence-electron chi connectivity index (χ4n) is 12.6. The molecule has 3 N–H and O–H groups in total. The Labute approximate surface area is 769 Å². The molecule has 0 fully saturated rings. The minimum Gasteiger partial charge on any atom is -1.00 e. The van der Waals surface area contributed by atoms with E-state index in [1.165, 1.54) is 28.7 Å². The Kier molecular flexibility index (Phi) is 35.8.